The highest BCUT2D eigenvalue weighted by atomic mass is 32.1. The number of thiophene rings is 1. The van der Waals surface area contributed by atoms with Crippen molar-refractivity contribution in [1.82, 2.24) is 4.90 Å². The standard InChI is InChI=1S/C25H26N2O2S/c1-17-20(19-5-3-2-4-6-19)14-23(30-17)24(28)27-11-9-25(10-12-27)16-29-22-8-7-18(15-26)13-21(22)25/h2-8,13-14H,9-12,15-16,26H2,1H3. The van der Waals surface area contributed by atoms with Crippen LogP contribution < -0.4 is 10.5 Å². The van der Waals surface area contributed by atoms with Gasteiger partial charge in [0.05, 0.1) is 11.5 Å². The number of likely N-dealkylation sites (tertiary alicyclic amines) is 1. The van der Waals surface area contributed by atoms with Crippen molar-refractivity contribution < 1.29 is 9.53 Å². The van der Waals surface area contributed by atoms with E-state index in [-0.39, 0.29) is 11.3 Å². The largest absolute Gasteiger partial charge is 0.492 e. The number of nitrogens with zero attached hydrogens (tertiary/aromatic N) is 1. The first kappa shape index (κ1) is 19.3. The summed E-state index contributed by atoms with van der Waals surface area (Å²) in [4.78, 5) is 17.3. The van der Waals surface area contributed by atoms with E-state index < -0.39 is 0 Å². The molecule has 0 bridgehead atoms. The van der Waals surface area contributed by atoms with Crippen molar-refractivity contribution in [3.8, 4) is 16.9 Å². The molecule has 5 rings (SSSR count). The van der Waals surface area contributed by atoms with Gasteiger partial charge in [0, 0.05) is 35.5 Å². The fourth-order valence-corrected chi connectivity index (χ4v) is 5.75. The number of ether oxygens (including phenoxy) is 1. The molecule has 0 atom stereocenters. The smallest absolute Gasteiger partial charge is 0.263 e. The van der Waals surface area contributed by atoms with Crippen molar-refractivity contribution in [3.05, 3.63) is 75.5 Å². The molecule has 4 nitrogen and oxygen atoms in total. The summed E-state index contributed by atoms with van der Waals surface area (Å²) in [5, 5.41) is 0. The van der Waals surface area contributed by atoms with Gasteiger partial charge < -0.3 is 15.4 Å². The van der Waals surface area contributed by atoms with Crippen LogP contribution in [0.2, 0.25) is 0 Å². The Bertz CT molecular complexity index is 1080. The lowest BCUT2D eigenvalue weighted by Gasteiger charge is -2.38. The number of nitrogens with two attached hydrogens (primary N) is 1. The second-order valence-electron chi connectivity index (χ2n) is 8.34. The Labute approximate surface area is 181 Å². The first-order chi connectivity index (χ1) is 14.6. The quantitative estimate of drug-likeness (QED) is 0.668. The highest BCUT2D eigenvalue weighted by Gasteiger charge is 2.44. The first-order valence-electron chi connectivity index (χ1n) is 10.5. The summed E-state index contributed by atoms with van der Waals surface area (Å²) in [5.41, 5.74) is 10.6. The first-order valence-corrected chi connectivity index (χ1v) is 11.3. The van der Waals surface area contributed by atoms with Crippen LogP contribution in [0.15, 0.2) is 54.6 Å². The molecule has 154 valence electrons. The number of piperidine rings is 1. The minimum atomic E-state index is 0.0118. The van der Waals surface area contributed by atoms with Gasteiger partial charge in [-0.1, -0.05) is 42.5 Å². The average Bonchev–Trinajstić information content (AvgIpc) is 3.35. The van der Waals surface area contributed by atoms with E-state index in [9.17, 15) is 4.79 Å². The highest BCUT2D eigenvalue weighted by molar-refractivity contribution is 7.14. The number of fused-ring (bicyclic) bond motifs is 2. The lowest BCUT2D eigenvalue weighted by molar-refractivity contribution is 0.0651. The van der Waals surface area contributed by atoms with Gasteiger partial charge in [0.25, 0.3) is 5.91 Å². The molecule has 0 aliphatic carbocycles. The van der Waals surface area contributed by atoms with E-state index in [2.05, 4.69) is 31.2 Å². The summed E-state index contributed by atoms with van der Waals surface area (Å²) in [6, 6.07) is 18.6. The molecule has 2 aliphatic rings. The maximum atomic E-state index is 13.2. The second kappa shape index (κ2) is 7.56. The molecular weight excluding hydrogens is 392 g/mol. The van der Waals surface area contributed by atoms with Crippen LogP contribution >= 0.6 is 11.3 Å². The Morgan fingerprint density at radius 1 is 1.13 bits per heavy atom. The Hall–Kier alpha value is -2.63. The van der Waals surface area contributed by atoms with Gasteiger partial charge in [0.2, 0.25) is 0 Å². The van der Waals surface area contributed by atoms with Crippen LogP contribution in [-0.2, 0) is 12.0 Å². The molecule has 1 fully saturated rings. The van der Waals surface area contributed by atoms with Gasteiger partial charge in [0.15, 0.2) is 0 Å². The van der Waals surface area contributed by atoms with E-state index in [4.69, 9.17) is 10.5 Å². The molecule has 3 heterocycles. The zero-order valence-corrected chi connectivity index (χ0v) is 18.0. The number of hydrogen-bond donors (Lipinski definition) is 1. The molecule has 30 heavy (non-hydrogen) atoms. The number of amides is 1. The molecule has 0 radical (unpaired) electrons. The van der Waals surface area contributed by atoms with E-state index in [0.717, 1.165) is 47.7 Å². The van der Waals surface area contributed by atoms with E-state index in [0.29, 0.717) is 13.2 Å². The van der Waals surface area contributed by atoms with Crippen LogP contribution in [-0.4, -0.2) is 30.5 Å². The van der Waals surface area contributed by atoms with Crippen LogP contribution in [0.5, 0.6) is 5.75 Å². The maximum absolute atomic E-state index is 13.2. The van der Waals surface area contributed by atoms with Crippen molar-refractivity contribution in [2.24, 2.45) is 5.73 Å². The SMILES string of the molecule is Cc1sc(C(=O)N2CCC3(CC2)COc2ccc(CN)cc23)cc1-c1ccccc1. The molecule has 5 heteroatoms. The lowest BCUT2D eigenvalue weighted by Crippen LogP contribution is -2.45. The Balaban J connectivity index is 1.33. The predicted molar refractivity (Wildman–Crippen MR) is 121 cm³/mol. The van der Waals surface area contributed by atoms with E-state index in [1.54, 1.807) is 11.3 Å². The van der Waals surface area contributed by atoms with Gasteiger partial charge in [-0.3, -0.25) is 4.79 Å². The summed E-state index contributed by atoms with van der Waals surface area (Å²) >= 11 is 1.60. The molecule has 0 unspecified atom stereocenters. The van der Waals surface area contributed by atoms with Gasteiger partial charge in [-0.15, -0.1) is 11.3 Å². The minimum Gasteiger partial charge on any atom is -0.492 e. The third-order valence-corrected chi connectivity index (χ3v) is 7.61. The fourth-order valence-electron chi connectivity index (χ4n) is 4.74. The zero-order valence-electron chi connectivity index (χ0n) is 17.2. The molecule has 1 saturated heterocycles. The van der Waals surface area contributed by atoms with Crippen LogP contribution in [0.25, 0.3) is 11.1 Å². The Morgan fingerprint density at radius 2 is 1.90 bits per heavy atom. The second-order valence-corrected chi connectivity index (χ2v) is 9.60. The van der Waals surface area contributed by atoms with E-state index >= 15 is 0 Å². The monoisotopic (exact) mass is 418 g/mol. The summed E-state index contributed by atoms with van der Waals surface area (Å²) in [6.07, 6.45) is 1.85. The van der Waals surface area contributed by atoms with Gasteiger partial charge >= 0.3 is 0 Å². The lowest BCUT2D eigenvalue weighted by atomic mass is 9.74. The van der Waals surface area contributed by atoms with Crippen molar-refractivity contribution in [2.45, 2.75) is 31.7 Å². The molecular formula is C25H26N2O2S. The van der Waals surface area contributed by atoms with Gasteiger partial charge in [-0.25, -0.2) is 0 Å². The third-order valence-electron chi connectivity index (χ3n) is 6.58. The highest BCUT2D eigenvalue weighted by Crippen LogP contribution is 2.46. The van der Waals surface area contributed by atoms with Gasteiger partial charge in [0.1, 0.15) is 5.75 Å². The maximum Gasteiger partial charge on any atom is 0.263 e. The number of benzene rings is 2. The molecule has 0 saturated carbocycles. The molecule has 2 aliphatic heterocycles. The molecule has 1 spiro atoms. The molecule has 1 amide bonds. The van der Waals surface area contributed by atoms with Crippen LogP contribution in [0.3, 0.4) is 0 Å². The average molecular weight is 419 g/mol. The van der Waals surface area contributed by atoms with Crippen molar-refractivity contribution in [3.63, 3.8) is 0 Å². The van der Waals surface area contributed by atoms with Crippen molar-refractivity contribution >= 4 is 17.2 Å². The Morgan fingerprint density at radius 3 is 2.63 bits per heavy atom. The number of rotatable bonds is 3. The summed E-state index contributed by atoms with van der Waals surface area (Å²) < 4.78 is 6.00. The number of aryl methyl sites for hydroxylation is 1. The van der Waals surface area contributed by atoms with Crippen molar-refractivity contribution in [2.75, 3.05) is 19.7 Å². The van der Waals surface area contributed by atoms with E-state index in [1.165, 1.54) is 16.0 Å². The number of hydrogen-bond acceptors (Lipinski definition) is 4. The van der Waals surface area contributed by atoms with Crippen LogP contribution in [0.4, 0.5) is 0 Å². The van der Waals surface area contributed by atoms with Gasteiger partial charge in [-0.05, 0) is 48.6 Å². The Kier molecular flexibility index (Phi) is 4.88. The topological polar surface area (TPSA) is 55.6 Å². The third kappa shape index (κ3) is 3.22. The van der Waals surface area contributed by atoms with Crippen LogP contribution in [0, 0.1) is 6.92 Å². The summed E-state index contributed by atoms with van der Waals surface area (Å²) in [6.45, 7) is 4.85. The predicted octanol–water partition coefficient (Wildman–Crippen LogP) is 4.75. The summed E-state index contributed by atoms with van der Waals surface area (Å²) in [7, 11) is 0. The number of carbonyl (C=O) groups is 1. The van der Waals surface area contributed by atoms with Gasteiger partial charge in [-0.2, -0.15) is 0 Å². The normalized spacial score (nSPS) is 17.1. The summed E-state index contributed by atoms with van der Waals surface area (Å²) in [5.74, 6) is 1.13. The fraction of sp³-hybridized carbons (Fsp3) is 0.320. The number of carbonyl (C=O) groups excluding carboxylic acids is 1. The molecule has 2 N–H and O–H groups in total. The van der Waals surface area contributed by atoms with Crippen molar-refractivity contribution in [1.29, 1.82) is 0 Å². The minimum absolute atomic E-state index is 0.0118. The zero-order chi connectivity index (χ0) is 20.7. The van der Waals surface area contributed by atoms with E-state index in [1.807, 2.05) is 35.2 Å². The molecule has 2 aromatic carbocycles. The molecule has 1 aromatic heterocycles. The van der Waals surface area contributed by atoms with Crippen LogP contribution in [0.1, 0.15) is 38.5 Å². The molecule has 3 aromatic rings.